The van der Waals surface area contributed by atoms with Gasteiger partial charge in [0.05, 0.1) is 11.7 Å². The molecule has 0 spiro atoms. The van der Waals surface area contributed by atoms with Crippen molar-refractivity contribution in [3.63, 3.8) is 0 Å². The normalized spacial score (nSPS) is 12.0. The molecular formula is C18H20ClFN2O2. The number of hydrogen-bond donors (Lipinski definition) is 1. The number of para-hydroxylation sites is 1. The maximum atomic E-state index is 13.6. The van der Waals surface area contributed by atoms with E-state index in [2.05, 4.69) is 5.32 Å². The van der Waals surface area contributed by atoms with E-state index in [1.54, 1.807) is 43.3 Å². The smallest absolute Gasteiger partial charge is 0.241 e. The van der Waals surface area contributed by atoms with Gasteiger partial charge in [0.1, 0.15) is 18.2 Å². The molecule has 2 aromatic rings. The fourth-order valence-electron chi connectivity index (χ4n) is 2.03. The summed E-state index contributed by atoms with van der Waals surface area (Å²) in [4.78, 5) is 14.0. The van der Waals surface area contributed by atoms with Gasteiger partial charge in [0, 0.05) is 11.6 Å². The fourth-order valence-corrected chi connectivity index (χ4v) is 2.16. The Morgan fingerprint density at radius 1 is 1.25 bits per heavy atom. The zero-order valence-electron chi connectivity index (χ0n) is 13.6. The summed E-state index contributed by atoms with van der Waals surface area (Å²) >= 11 is 5.82. The largest absolute Gasteiger partial charge is 0.492 e. The second kappa shape index (κ2) is 8.66. The van der Waals surface area contributed by atoms with Crippen molar-refractivity contribution in [2.24, 2.45) is 0 Å². The molecule has 0 aromatic heterocycles. The third-order valence-electron chi connectivity index (χ3n) is 3.70. The van der Waals surface area contributed by atoms with Crippen molar-refractivity contribution >= 4 is 23.2 Å². The Kier molecular flexibility index (Phi) is 6.58. The maximum Gasteiger partial charge on any atom is 0.241 e. The first kappa shape index (κ1) is 18.2. The lowest BCUT2D eigenvalue weighted by molar-refractivity contribution is -0.120. The van der Waals surface area contributed by atoms with Crippen molar-refractivity contribution in [2.45, 2.75) is 13.0 Å². The van der Waals surface area contributed by atoms with Crippen molar-refractivity contribution in [2.75, 3.05) is 25.5 Å². The van der Waals surface area contributed by atoms with Crippen molar-refractivity contribution in [3.8, 4) is 5.75 Å². The topological polar surface area (TPSA) is 41.6 Å². The Morgan fingerprint density at radius 3 is 2.58 bits per heavy atom. The van der Waals surface area contributed by atoms with E-state index in [0.717, 1.165) is 5.75 Å². The van der Waals surface area contributed by atoms with Gasteiger partial charge in [0.2, 0.25) is 5.91 Å². The molecule has 128 valence electrons. The van der Waals surface area contributed by atoms with Gasteiger partial charge in [-0.05, 0) is 50.4 Å². The first-order valence-corrected chi connectivity index (χ1v) is 7.99. The molecule has 1 unspecified atom stereocenters. The molecule has 4 nitrogen and oxygen atoms in total. The summed E-state index contributed by atoms with van der Waals surface area (Å²) in [5.74, 6) is -0.00266. The van der Waals surface area contributed by atoms with Crippen LogP contribution in [0, 0.1) is 5.82 Å². The molecule has 24 heavy (non-hydrogen) atoms. The molecule has 2 aromatic carbocycles. The number of nitrogens with one attached hydrogen (secondary N) is 1. The lowest BCUT2D eigenvalue weighted by atomic mass is 10.2. The number of ether oxygens (including phenoxy) is 1. The SMILES string of the molecule is CC(C(=O)Nc1ccccc1F)N(C)CCOc1ccc(Cl)cc1. The van der Waals surface area contributed by atoms with Crippen molar-refractivity contribution in [1.82, 2.24) is 4.90 Å². The van der Waals surface area contributed by atoms with Crippen molar-refractivity contribution < 1.29 is 13.9 Å². The minimum atomic E-state index is -0.452. The summed E-state index contributed by atoms with van der Waals surface area (Å²) in [6.07, 6.45) is 0. The molecule has 0 saturated carbocycles. The van der Waals surface area contributed by atoms with Crippen LogP contribution in [0.3, 0.4) is 0 Å². The van der Waals surface area contributed by atoms with E-state index in [9.17, 15) is 9.18 Å². The third-order valence-corrected chi connectivity index (χ3v) is 3.95. The van der Waals surface area contributed by atoms with E-state index in [4.69, 9.17) is 16.3 Å². The lowest BCUT2D eigenvalue weighted by Gasteiger charge is -2.24. The third kappa shape index (κ3) is 5.22. The van der Waals surface area contributed by atoms with Gasteiger partial charge in [-0.2, -0.15) is 0 Å². The van der Waals surface area contributed by atoms with Gasteiger partial charge in [-0.3, -0.25) is 9.69 Å². The first-order chi connectivity index (χ1) is 11.5. The fraction of sp³-hybridized carbons (Fsp3) is 0.278. The number of nitrogens with zero attached hydrogens (tertiary/aromatic N) is 1. The molecule has 0 aliphatic heterocycles. The predicted octanol–water partition coefficient (Wildman–Crippen LogP) is 3.82. The molecule has 0 aliphatic rings. The van der Waals surface area contributed by atoms with Crippen LogP contribution in [-0.4, -0.2) is 37.0 Å². The average Bonchev–Trinajstić information content (AvgIpc) is 2.58. The molecule has 0 radical (unpaired) electrons. The van der Waals surface area contributed by atoms with Crippen LogP contribution in [-0.2, 0) is 4.79 Å². The van der Waals surface area contributed by atoms with Crippen LogP contribution in [0.25, 0.3) is 0 Å². The highest BCUT2D eigenvalue weighted by Crippen LogP contribution is 2.16. The van der Waals surface area contributed by atoms with Gasteiger partial charge in [-0.1, -0.05) is 23.7 Å². The highest BCUT2D eigenvalue weighted by Gasteiger charge is 2.19. The molecule has 0 heterocycles. The highest BCUT2D eigenvalue weighted by molar-refractivity contribution is 6.30. The number of benzene rings is 2. The minimum Gasteiger partial charge on any atom is -0.492 e. The molecule has 2 rings (SSSR count). The van der Waals surface area contributed by atoms with Gasteiger partial charge in [0.25, 0.3) is 0 Å². The number of likely N-dealkylation sites (N-methyl/N-ethyl adjacent to an activating group) is 1. The highest BCUT2D eigenvalue weighted by atomic mass is 35.5. The van der Waals surface area contributed by atoms with Gasteiger partial charge >= 0.3 is 0 Å². The number of carbonyl (C=O) groups is 1. The zero-order valence-corrected chi connectivity index (χ0v) is 14.4. The summed E-state index contributed by atoms with van der Waals surface area (Å²) < 4.78 is 19.2. The molecule has 1 atom stereocenters. The number of anilines is 1. The minimum absolute atomic E-state index is 0.181. The van der Waals surface area contributed by atoms with Crippen molar-refractivity contribution in [3.05, 3.63) is 59.4 Å². The standard InChI is InChI=1S/C18H20ClFN2O2/c1-13(18(23)21-17-6-4-3-5-16(17)20)22(2)11-12-24-15-9-7-14(19)8-10-15/h3-10,13H,11-12H2,1-2H3,(H,21,23). The molecule has 0 fully saturated rings. The van der Waals surface area contributed by atoms with Gasteiger partial charge in [-0.25, -0.2) is 4.39 Å². The molecule has 0 bridgehead atoms. The van der Waals surface area contributed by atoms with E-state index >= 15 is 0 Å². The van der Waals surface area contributed by atoms with Crippen molar-refractivity contribution in [1.29, 1.82) is 0 Å². The van der Waals surface area contributed by atoms with Crippen LogP contribution in [0.5, 0.6) is 5.75 Å². The molecule has 1 amide bonds. The number of rotatable bonds is 7. The second-order valence-corrected chi connectivity index (χ2v) is 5.86. The van der Waals surface area contributed by atoms with Gasteiger partial charge < -0.3 is 10.1 Å². The molecule has 6 heteroatoms. The van der Waals surface area contributed by atoms with E-state index in [-0.39, 0.29) is 11.6 Å². The molecular weight excluding hydrogens is 331 g/mol. The van der Waals surface area contributed by atoms with E-state index < -0.39 is 11.9 Å². The lowest BCUT2D eigenvalue weighted by Crippen LogP contribution is -2.41. The summed E-state index contributed by atoms with van der Waals surface area (Å²) in [6, 6.07) is 12.8. The van der Waals surface area contributed by atoms with E-state index in [1.807, 2.05) is 11.9 Å². The average molecular weight is 351 g/mol. The number of carbonyl (C=O) groups excluding carboxylic acids is 1. The second-order valence-electron chi connectivity index (χ2n) is 5.43. The maximum absolute atomic E-state index is 13.6. The Hall–Kier alpha value is -2.11. The predicted molar refractivity (Wildman–Crippen MR) is 94.1 cm³/mol. The Morgan fingerprint density at radius 2 is 1.92 bits per heavy atom. The van der Waals surface area contributed by atoms with Gasteiger partial charge in [-0.15, -0.1) is 0 Å². The number of halogens is 2. The Bertz CT molecular complexity index is 679. The van der Waals surface area contributed by atoms with E-state index in [0.29, 0.717) is 18.2 Å². The quantitative estimate of drug-likeness (QED) is 0.825. The van der Waals surface area contributed by atoms with Crippen LogP contribution < -0.4 is 10.1 Å². The summed E-state index contributed by atoms with van der Waals surface area (Å²) in [7, 11) is 1.82. The zero-order chi connectivity index (χ0) is 17.5. The van der Waals surface area contributed by atoms with Crippen LogP contribution in [0.1, 0.15) is 6.92 Å². The van der Waals surface area contributed by atoms with E-state index in [1.165, 1.54) is 12.1 Å². The number of amides is 1. The monoisotopic (exact) mass is 350 g/mol. The Balaban J connectivity index is 1.80. The summed E-state index contributed by atoms with van der Waals surface area (Å²) in [6.45, 7) is 2.74. The van der Waals surface area contributed by atoms with Crippen LogP contribution in [0.4, 0.5) is 10.1 Å². The molecule has 0 aliphatic carbocycles. The van der Waals surface area contributed by atoms with Crippen LogP contribution >= 0.6 is 11.6 Å². The van der Waals surface area contributed by atoms with Gasteiger partial charge in [0.15, 0.2) is 0 Å². The molecule has 0 saturated heterocycles. The summed E-state index contributed by atoms with van der Waals surface area (Å²) in [5.41, 5.74) is 0.181. The molecule has 1 N–H and O–H groups in total. The van der Waals surface area contributed by atoms with Crippen LogP contribution in [0.2, 0.25) is 5.02 Å². The summed E-state index contributed by atoms with van der Waals surface area (Å²) in [5, 5.41) is 3.24. The first-order valence-electron chi connectivity index (χ1n) is 7.61. The van der Waals surface area contributed by atoms with Crippen LogP contribution in [0.15, 0.2) is 48.5 Å². The number of hydrogen-bond acceptors (Lipinski definition) is 3. The Labute approximate surface area is 146 Å².